The van der Waals surface area contributed by atoms with Gasteiger partial charge in [0.05, 0.1) is 10.6 Å². The highest BCUT2D eigenvalue weighted by Gasteiger charge is 2.29. The highest BCUT2D eigenvalue weighted by Crippen LogP contribution is 2.31. The van der Waals surface area contributed by atoms with Crippen molar-refractivity contribution in [2.45, 2.75) is 30.6 Å². The van der Waals surface area contributed by atoms with Gasteiger partial charge in [0.15, 0.2) is 5.65 Å². The van der Waals surface area contributed by atoms with Crippen LogP contribution < -0.4 is 10.8 Å². The summed E-state index contributed by atoms with van der Waals surface area (Å²) in [6.07, 6.45) is 8.88. The average Bonchev–Trinajstić information content (AvgIpc) is 3.24. The Bertz CT molecular complexity index is 1410. The van der Waals surface area contributed by atoms with E-state index in [0.29, 0.717) is 41.7 Å². The number of benzene rings is 1. The number of fused-ring (bicyclic) bond motifs is 1. The molecule has 2 aromatic heterocycles. The second kappa shape index (κ2) is 9.97. The average molecular weight is 528 g/mol. The number of anilines is 1. The van der Waals surface area contributed by atoms with Crippen LogP contribution in [-0.4, -0.2) is 54.8 Å². The normalized spacial score (nSPS) is 17.9. The smallest absolute Gasteiger partial charge is 0.243 e. The van der Waals surface area contributed by atoms with Gasteiger partial charge in [-0.1, -0.05) is 35.4 Å². The maximum absolute atomic E-state index is 13.0. The summed E-state index contributed by atoms with van der Waals surface area (Å²) in [4.78, 5) is 4.97. The van der Waals surface area contributed by atoms with Crippen LogP contribution in [0.25, 0.3) is 11.2 Å². The van der Waals surface area contributed by atoms with E-state index >= 15 is 0 Å². The van der Waals surface area contributed by atoms with Gasteiger partial charge in [-0.3, -0.25) is 0 Å². The Kier molecular flexibility index (Phi) is 6.94. The number of nitrogens with one attached hydrogen (secondary N) is 1. The molecule has 0 saturated carbocycles. The Balaban J connectivity index is 1.29. The van der Waals surface area contributed by atoms with Crippen molar-refractivity contribution in [1.29, 1.82) is 0 Å². The van der Waals surface area contributed by atoms with Crippen LogP contribution in [0.3, 0.4) is 0 Å². The van der Waals surface area contributed by atoms with E-state index in [2.05, 4.69) is 16.5 Å². The van der Waals surface area contributed by atoms with Crippen LogP contribution in [0.2, 0.25) is 5.02 Å². The first-order chi connectivity index (χ1) is 16.8. The number of sulfonamides is 1. The van der Waals surface area contributed by atoms with Crippen molar-refractivity contribution < 1.29 is 8.42 Å². The molecule has 0 spiro atoms. The molecule has 11 heteroatoms. The molecule has 1 aromatic carbocycles. The number of aromatic nitrogens is 3. The fourth-order valence-corrected chi connectivity index (χ4v) is 6.33. The Labute approximate surface area is 216 Å². The Hall–Kier alpha value is -2.33. The van der Waals surface area contributed by atoms with E-state index < -0.39 is 10.0 Å². The van der Waals surface area contributed by atoms with Gasteiger partial charge in [0, 0.05) is 47.5 Å². The number of rotatable bonds is 6. The fraction of sp³-hybridized carbons (Fsp3) is 0.333. The molecule has 5 rings (SSSR count). The van der Waals surface area contributed by atoms with Crippen LogP contribution in [0.15, 0.2) is 58.6 Å². The Morgan fingerprint density at radius 1 is 1.14 bits per heavy atom. The molecule has 3 heterocycles. The lowest BCUT2D eigenvalue weighted by molar-refractivity contribution is 0.282. The summed E-state index contributed by atoms with van der Waals surface area (Å²) in [7, 11) is 2.59. The molecule has 1 fully saturated rings. The first-order valence-corrected chi connectivity index (χ1v) is 13.7. The maximum atomic E-state index is 13.0. The molecule has 35 heavy (non-hydrogen) atoms. The largest absolute Gasteiger partial charge is 0.370 e. The fourth-order valence-electron chi connectivity index (χ4n) is 4.46. The summed E-state index contributed by atoms with van der Waals surface area (Å²) >= 11 is 12.4. The zero-order valence-corrected chi connectivity index (χ0v) is 21.3. The van der Waals surface area contributed by atoms with Gasteiger partial charge in [-0.25, -0.2) is 13.4 Å². The molecule has 7 nitrogen and oxygen atoms in total. The monoisotopic (exact) mass is 527 g/mol. The summed E-state index contributed by atoms with van der Waals surface area (Å²) < 4.78 is 29.2. The van der Waals surface area contributed by atoms with E-state index in [1.165, 1.54) is 0 Å². The van der Waals surface area contributed by atoms with Crippen LogP contribution in [0, 0.1) is 5.92 Å². The van der Waals surface area contributed by atoms with E-state index in [1.54, 1.807) is 39.3 Å². The quantitative estimate of drug-likeness (QED) is 0.490. The second-order valence-corrected chi connectivity index (χ2v) is 11.6. The molecule has 1 aliphatic carbocycles. The summed E-state index contributed by atoms with van der Waals surface area (Å²) in [5.41, 5.74) is 2.71. The molecule has 2 radical (unpaired) electrons. The Morgan fingerprint density at radius 3 is 2.60 bits per heavy atom. The topological polar surface area (TPSA) is 79.6 Å². The highest BCUT2D eigenvalue weighted by molar-refractivity contribution is 7.89. The summed E-state index contributed by atoms with van der Waals surface area (Å²) in [6, 6.07) is 8.24. The van der Waals surface area contributed by atoms with Crippen LogP contribution >= 0.6 is 23.2 Å². The number of halogens is 2. The molecule has 0 atom stereocenters. The molecular weight excluding hydrogens is 504 g/mol. The van der Waals surface area contributed by atoms with E-state index in [1.807, 2.05) is 12.1 Å². The standard InChI is InChI=1S/C24H24BCl2N5O2S/c25-20-15-29-32-23(13-22(30-24(20)32)19-3-1-2-4-21(19)27)28-14-16-9-11-31(12-10-16)35(33,34)18-7-5-17(26)6-8-18/h1,3,5-8,13,15-16,28H,2,4,9-12,14H2. The minimum atomic E-state index is -3.52. The van der Waals surface area contributed by atoms with E-state index in [4.69, 9.17) is 36.0 Å². The number of piperidine rings is 1. The molecule has 1 saturated heterocycles. The lowest BCUT2D eigenvalue weighted by atomic mass is 9.98. The van der Waals surface area contributed by atoms with Crippen LogP contribution in [0.1, 0.15) is 31.4 Å². The Morgan fingerprint density at radius 2 is 1.89 bits per heavy atom. The van der Waals surface area contributed by atoms with Gasteiger partial charge in [0.25, 0.3) is 0 Å². The molecule has 0 amide bonds. The minimum Gasteiger partial charge on any atom is -0.370 e. The predicted molar refractivity (Wildman–Crippen MR) is 141 cm³/mol. The van der Waals surface area contributed by atoms with Crippen LogP contribution in [-0.2, 0) is 10.0 Å². The van der Waals surface area contributed by atoms with Crippen molar-refractivity contribution in [2.24, 2.45) is 5.92 Å². The van der Waals surface area contributed by atoms with E-state index in [-0.39, 0.29) is 4.90 Å². The van der Waals surface area contributed by atoms with Crippen molar-refractivity contribution in [3.8, 4) is 0 Å². The SMILES string of the molecule is [B]c1cnn2c(NCC3CCN(S(=O)(=O)c4ccc(Cl)cc4)CC3)cc(C3=C(Cl)CCC=C3)nc12. The van der Waals surface area contributed by atoms with E-state index in [0.717, 1.165) is 47.8 Å². The van der Waals surface area contributed by atoms with Crippen LogP contribution in [0.4, 0.5) is 5.82 Å². The van der Waals surface area contributed by atoms with Gasteiger partial charge >= 0.3 is 0 Å². The highest BCUT2D eigenvalue weighted by atomic mass is 35.5. The van der Waals surface area contributed by atoms with Crippen molar-refractivity contribution in [1.82, 2.24) is 18.9 Å². The molecule has 1 aliphatic heterocycles. The number of hydrogen-bond acceptors (Lipinski definition) is 5. The van der Waals surface area contributed by atoms with Crippen LogP contribution in [0.5, 0.6) is 0 Å². The zero-order chi connectivity index (χ0) is 24.6. The molecule has 0 unspecified atom stereocenters. The van der Waals surface area contributed by atoms with Crippen molar-refractivity contribution >= 4 is 63.6 Å². The lowest BCUT2D eigenvalue weighted by Crippen LogP contribution is -2.39. The number of nitrogens with zero attached hydrogens (tertiary/aromatic N) is 4. The van der Waals surface area contributed by atoms with Gasteiger partial charge in [0.2, 0.25) is 10.0 Å². The molecule has 2 aliphatic rings. The summed E-state index contributed by atoms with van der Waals surface area (Å²) in [5, 5.41) is 9.16. The second-order valence-electron chi connectivity index (χ2n) is 8.80. The van der Waals surface area contributed by atoms with Crippen molar-refractivity contribution in [3.05, 3.63) is 64.4 Å². The molecule has 1 N–H and O–H groups in total. The first kappa shape index (κ1) is 24.4. The maximum Gasteiger partial charge on any atom is 0.243 e. The lowest BCUT2D eigenvalue weighted by Gasteiger charge is -2.31. The molecule has 3 aromatic rings. The van der Waals surface area contributed by atoms with Gasteiger partial charge in [-0.15, -0.1) is 0 Å². The third kappa shape index (κ3) is 5.00. The van der Waals surface area contributed by atoms with Gasteiger partial charge in [-0.2, -0.15) is 13.9 Å². The summed E-state index contributed by atoms with van der Waals surface area (Å²) in [6.45, 7) is 1.61. The van der Waals surface area contributed by atoms with Gasteiger partial charge < -0.3 is 5.32 Å². The zero-order valence-electron chi connectivity index (χ0n) is 19.0. The van der Waals surface area contributed by atoms with Crippen molar-refractivity contribution in [2.75, 3.05) is 25.0 Å². The third-order valence-electron chi connectivity index (χ3n) is 6.48. The molecule has 180 valence electrons. The summed E-state index contributed by atoms with van der Waals surface area (Å²) in [5.74, 6) is 1.08. The van der Waals surface area contributed by atoms with E-state index in [9.17, 15) is 8.42 Å². The van der Waals surface area contributed by atoms with Gasteiger partial charge in [-0.05, 0) is 61.3 Å². The van der Waals surface area contributed by atoms with Crippen molar-refractivity contribution in [3.63, 3.8) is 0 Å². The number of hydrogen-bond donors (Lipinski definition) is 1. The first-order valence-electron chi connectivity index (χ1n) is 11.5. The third-order valence-corrected chi connectivity index (χ3v) is 9.04. The molecular formula is C24H24BCl2N5O2S. The van der Waals surface area contributed by atoms with Gasteiger partial charge in [0.1, 0.15) is 13.7 Å². The molecule has 0 bridgehead atoms. The number of allylic oxidation sites excluding steroid dienone is 4. The predicted octanol–water partition coefficient (Wildman–Crippen LogP) is 3.99. The minimum absolute atomic E-state index is 0.270.